The molecule has 6 heteroatoms. The van der Waals surface area contributed by atoms with Crippen molar-refractivity contribution in [2.75, 3.05) is 17.6 Å². The summed E-state index contributed by atoms with van der Waals surface area (Å²) in [6.07, 6.45) is 7.70. The zero-order valence-electron chi connectivity index (χ0n) is 11.6. The Labute approximate surface area is 120 Å². The van der Waals surface area contributed by atoms with Crippen molar-refractivity contribution < 1.29 is 8.42 Å². The topological polar surface area (TPSA) is 98.2 Å². The summed E-state index contributed by atoms with van der Waals surface area (Å²) in [5.41, 5.74) is 6.72. The van der Waals surface area contributed by atoms with Gasteiger partial charge in [-0.05, 0) is 24.5 Å². The molecule has 0 amide bonds. The van der Waals surface area contributed by atoms with Crippen LogP contribution in [0.1, 0.15) is 38.5 Å². The normalized spacial score (nSPS) is 17.1. The number of nitrogens with one attached hydrogen (secondary N) is 1. The molecule has 0 unspecified atom stereocenters. The largest absolute Gasteiger partial charge is 0.396 e. The van der Waals surface area contributed by atoms with Crippen LogP contribution in [0.3, 0.4) is 0 Å². The predicted octanol–water partition coefficient (Wildman–Crippen LogP) is 2.30. The Hall–Kier alpha value is -1.27. The van der Waals surface area contributed by atoms with E-state index in [2.05, 4.69) is 5.32 Å². The lowest BCUT2D eigenvalue weighted by molar-refractivity contribution is 0.345. The van der Waals surface area contributed by atoms with Gasteiger partial charge in [-0.2, -0.15) is 0 Å². The number of anilines is 2. The van der Waals surface area contributed by atoms with Crippen LogP contribution in [0, 0.1) is 5.92 Å². The summed E-state index contributed by atoms with van der Waals surface area (Å²) in [6.45, 7) is 0.808. The molecule has 0 aromatic heterocycles. The van der Waals surface area contributed by atoms with Gasteiger partial charge in [-0.15, -0.1) is 0 Å². The Balaban J connectivity index is 1.96. The number of rotatable bonds is 5. The van der Waals surface area contributed by atoms with Crippen molar-refractivity contribution in [1.82, 2.24) is 0 Å². The van der Waals surface area contributed by atoms with Gasteiger partial charge in [-0.1, -0.05) is 38.2 Å². The van der Waals surface area contributed by atoms with Crippen LogP contribution in [0.25, 0.3) is 0 Å². The third kappa shape index (κ3) is 3.86. The lowest BCUT2D eigenvalue weighted by Gasteiger charge is -2.22. The highest BCUT2D eigenvalue weighted by atomic mass is 32.2. The van der Waals surface area contributed by atoms with Gasteiger partial charge in [0.25, 0.3) is 0 Å². The van der Waals surface area contributed by atoms with Gasteiger partial charge in [0.1, 0.15) is 4.90 Å². The number of nitrogens with two attached hydrogens (primary N) is 2. The summed E-state index contributed by atoms with van der Waals surface area (Å²) in [5.74, 6) is 0.777. The lowest BCUT2D eigenvalue weighted by atomic mass is 9.87. The van der Waals surface area contributed by atoms with Gasteiger partial charge >= 0.3 is 0 Å². The van der Waals surface area contributed by atoms with Crippen molar-refractivity contribution in [1.29, 1.82) is 0 Å². The quantitative estimate of drug-likeness (QED) is 0.726. The fourth-order valence-corrected chi connectivity index (χ4v) is 3.52. The summed E-state index contributed by atoms with van der Waals surface area (Å²) in [6, 6.07) is 4.86. The molecule has 1 aliphatic rings. The van der Waals surface area contributed by atoms with Crippen LogP contribution in [0.5, 0.6) is 0 Å². The first-order valence-corrected chi connectivity index (χ1v) is 8.68. The highest BCUT2D eigenvalue weighted by molar-refractivity contribution is 7.89. The zero-order chi connectivity index (χ0) is 14.6. The molecule has 1 aliphatic carbocycles. The van der Waals surface area contributed by atoms with Crippen LogP contribution in [0.4, 0.5) is 11.4 Å². The first-order valence-electron chi connectivity index (χ1n) is 7.13. The molecule has 1 aromatic rings. The third-order valence-corrected chi connectivity index (χ3v) is 4.93. The van der Waals surface area contributed by atoms with Crippen LogP contribution >= 0.6 is 0 Å². The number of hydrogen-bond acceptors (Lipinski definition) is 4. The maximum Gasteiger partial charge on any atom is 0.240 e. The molecule has 0 aliphatic heterocycles. The maximum absolute atomic E-state index is 11.4. The summed E-state index contributed by atoms with van der Waals surface area (Å²) >= 11 is 0. The summed E-state index contributed by atoms with van der Waals surface area (Å²) in [7, 11) is -3.77. The molecule has 2 rings (SSSR count). The fourth-order valence-electron chi connectivity index (χ4n) is 2.83. The summed E-state index contributed by atoms with van der Waals surface area (Å²) in [4.78, 5) is -0.0137. The molecule has 0 heterocycles. The Morgan fingerprint density at radius 1 is 1.20 bits per heavy atom. The van der Waals surface area contributed by atoms with E-state index in [0.29, 0.717) is 5.69 Å². The minimum atomic E-state index is -3.77. The Morgan fingerprint density at radius 2 is 1.90 bits per heavy atom. The van der Waals surface area contributed by atoms with E-state index < -0.39 is 10.0 Å². The van der Waals surface area contributed by atoms with E-state index in [1.54, 1.807) is 12.1 Å². The van der Waals surface area contributed by atoms with E-state index in [9.17, 15) is 8.42 Å². The molecule has 112 valence electrons. The molecule has 1 aromatic carbocycles. The highest BCUT2D eigenvalue weighted by Crippen LogP contribution is 2.28. The van der Waals surface area contributed by atoms with E-state index >= 15 is 0 Å². The maximum atomic E-state index is 11.4. The molecule has 0 saturated heterocycles. The molecule has 0 bridgehead atoms. The molecular formula is C14H23N3O2S. The second kappa shape index (κ2) is 6.45. The zero-order valence-corrected chi connectivity index (χ0v) is 12.5. The lowest BCUT2D eigenvalue weighted by Crippen LogP contribution is -2.16. The first-order chi connectivity index (χ1) is 9.48. The molecule has 5 nitrogen and oxygen atoms in total. The standard InChI is InChI=1S/C14H23N3O2S/c15-14-12(7-4-8-13(14)20(16,18)19)17-10-9-11-5-2-1-3-6-11/h4,7-8,11,17H,1-3,5-6,9-10,15H2,(H2,16,18,19). The number of para-hydroxylation sites is 1. The fraction of sp³-hybridized carbons (Fsp3) is 0.571. The number of primary sulfonamides is 1. The first kappa shape index (κ1) is 15.1. The predicted molar refractivity (Wildman–Crippen MR) is 81.9 cm³/mol. The molecular weight excluding hydrogens is 274 g/mol. The van der Waals surface area contributed by atoms with Crippen LogP contribution in [-0.4, -0.2) is 15.0 Å². The Morgan fingerprint density at radius 3 is 2.55 bits per heavy atom. The minimum absolute atomic E-state index is 0.0137. The molecule has 0 radical (unpaired) electrons. The average molecular weight is 297 g/mol. The summed E-state index contributed by atoms with van der Waals surface area (Å²) < 4.78 is 22.8. The van der Waals surface area contributed by atoms with Crippen LogP contribution < -0.4 is 16.2 Å². The molecule has 20 heavy (non-hydrogen) atoms. The van der Waals surface area contributed by atoms with Crippen LogP contribution in [0.15, 0.2) is 23.1 Å². The van der Waals surface area contributed by atoms with E-state index in [0.717, 1.165) is 18.9 Å². The molecule has 0 atom stereocenters. The Bertz CT molecular complexity index is 552. The van der Waals surface area contributed by atoms with Crippen LogP contribution in [0.2, 0.25) is 0 Å². The number of hydrogen-bond donors (Lipinski definition) is 3. The van der Waals surface area contributed by atoms with Crippen molar-refractivity contribution in [3.05, 3.63) is 18.2 Å². The molecule has 1 fully saturated rings. The van der Waals surface area contributed by atoms with Gasteiger partial charge in [0, 0.05) is 6.54 Å². The number of benzene rings is 1. The van der Waals surface area contributed by atoms with E-state index in [4.69, 9.17) is 10.9 Å². The van der Waals surface area contributed by atoms with Gasteiger partial charge < -0.3 is 11.1 Å². The smallest absolute Gasteiger partial charge is 0.240 e. The van der Waals surface area contributed by atoms with Gasteiger partial charge in [0.2, 0.25) is 10.0 Å². The molecule has 1 saturated carbocycles. The second-order valence-electron chi connectivity index (χ2n) is 5.48. The monoisotopic (exact) mass is 297 g/mol. The van der Waals surface area contributed by atoms with Crippen molar-refractivity contribution in [3.63, 3.8) is 0 Å². The SMILES string of the molecule is Nc1c(NCCC2CCCCC2)cccc1S(N)(=O)=O. The van der Waals surface area contributed by atoms with Crippen molar-refractivity contribution in [2.24, 2.45) is 11.1 Å². The highest BCUT2D eigenvalue weighted by Gasteiger charge is 2.16. The van der Waals surface area contributed by atoms with Gasteiger partial charge in [-0.3, -0.25) is 0 Å². The van der Waals surface area contributed by atoms with Crippen molar-refractivity contribution in [3.8, 4) is 0 Å². The average Bonchev–Trinajstić information content (AvgIpc) is 2.40. The van der Waals surface area contributed by atoms with Gasteiger partial charge in [0.05, 0.1) is 11.4 Å². The van der Waals surface area contributed by atoms with Crippen LogP contribution in [-0.2, 0) is 10.0 Å². The number of nitrogen functional groups attached to an aromatic ring is 1. The van der Waals surface area contributed by atoms with E-state index in [-0.39, 0.29) is 10.6 Å². The second-order valence-corrected chi connectivity index (χ2v) is 7.01. The minimum Gasteiger partial charge on any atom is -0.396 e. The van der Waals surface area contributed by atoms with E-state index in [1.807, 2.05) is 0 Å². The molecule has 5 N–H and O–H groups in total. The summed E-state index contributed by atoms with van der Waals surface area (Å²) in [5, 5.41) is 8.36. The van der Waals surface area contributed by atoms with E-state index in [1.165, 1.54) is 38.2 Å². The van der Waals surface area contributed by atoms with Gasteiger partial charge in [-0.25, -0.2) is 13.6 Å². The molecule has 0 spiro atoms. The van der Waals surface area contributed by atoms with Gasteiger partial charge in [0.15, 0.2) is 0 Å². The third-order valence-electron chi connectivity index (χ3n) is 3.97. The van der Waals surface area contributed by atoms with Crippen molar-refractivity contribution >= 4 is 21.4 Å². The van der Waals surface area contributed by atoms with Crippen molar-refractivity contribution in [2.45, 2.75) is 43.4 Å². The number of sulfonamides is 1. The Kier molecular flexibility index (Phi) is 4.88.